The molecule has 1 unspecified atom stereocenters. The van der Waals surface area contributed by atoms with Gasteiger partial charge in [0.05, 0.1) is 11.8 Å². The van der Waals surface area contributed by atoms with Crippen LogP contribution in [0.25, 0.3) is 0 Å². The number of hydrogen-bond acceptors (Lipinski definition) is 5. The topological polar surface area (TPSA) is 90.9 Å². The molecule has 84 valence electrons. The van der Waals surface area contributed by atoms with Crippen LogP contribution in [0, 0.1) is 0 Å². The molecule has 0 aromatic carbocycles. The second kappa shape index (κ2) is 4.42. The Bertz CT molecular complexity index is 477. The molecule has 2 rings (SSSR count). The molecular weight excluding hydrogens is 228 g/mol. The van der Waals surface area contributed by atoms with E-state index >= 15 is 0 Å². The van der Waals surface area contributed by atoms with Gasteiger partial charge in [-0.15, -0.1) is 11.3 Å². The van der Waals surface area contributed by atoms with E-state index in [1.807, 2.05) is 0 Å². The van der Waals surface area contributed by atoms with Crippen LogP contribution in [-0.2, 0) is 0 Å². The Morgan fingerprint density at radius 3 is 3.06 bits per heavy atom. The number of carbonyl (C=O) groups is 1. The van der Waals surface area contributed by atoms with Gasteiger partial charge in [0.25, 0.3) is 5.91 Å². The van der Waals surface area contributed by atoms with Gasteiger partial charge in [-0.3, -0.25) is 15.2 Å². The van der Waals surface area contributed by atoms with Crippen LogP contribution in [0.5, 0.6) is 0 Å². The third-order valence-electron chi connectivity index (χ3n) is 1.92. The molecule has 0 aliphatic heterocycles. The lowest BCUT2D eigenvalue weighted by Crippen LogP contribution is -2.12. The largest absolute Gasteiger partial charge is 0.387 e. The summed E-state index contributed by atoms with van der Waals surface area (Å²) in [4.78, 5) is 15.6. The first-order valence-corrected chi connectivity index (χ1v) is 5.49. The highest BCUT2D eigenvalue weighted by Gasteiger charge is 2.11. The summed E-state index contributed by atoms with van der Waals surface area (Å²) in [5.41, 5.74) is 0.915. The van der Waals surface area contributed by atoms with Crippen LogP contribution in [0.1, 0.15) is 29.2 Å². The zero-order valence-corrected chi connectivity index (χ0v) is 9.28. The number of amides is 1. The Labute approximate surface area is 95.3 Å². The zero-order chi connectivity index (χ0) is 11.5. The van der Waals surface area contributed by atoms with Gasteiger partial charge in [0.15, 0.2) is 5.13 Å². The Morgan fingerprint density at radius 1 is 1.69 bits per heavy atom. The number of carbonyl (C=O) groups excluding carboxylic acids is 1. The first kappa shape index (κ1) is 10.8. The van der Waals surface area contributed by atoms with Crippen molar-refractivity contribution in [1.82, 2.24) is 15.2 Å². The van der Waals surface area contributed by atoms with Crippen molar-refractivity contribution in [3.8, 4) is 0 Å². The molecule has 0 bridgehead atoms. The number of anilines is 1. The number of aliphatic hydroxyl groups is 1. The molecule has 0 saturated carbocycles. The summed E-state index contributed by atoms with van der Waals surface area (Å²) < 4.78 is 0. The molecule has 2 aromatic rings. The number of aromatic amines is 1. The van der Waals surface area contributed by atoms with Gasteiger partial charge in [0.2, 0.25) is 0 Å². The number of nitrogens with one attached hydrogen (secondary N) is 2. The van der Waals surface area contributed by atoms with E-state index in [2.05, 4.69) is 20.5 Å². The third-order valence-corrected chi connectivity index (χ3v) is 2.69. The lowest BCUT2D eigenvalue weighted by Gasteiger charge is -1.99. The van der Waals surface area contributed by atoms with Crippen molar-refractivity contribution in [2.45, 2.75) is 13.0 Å². The van der Waals surface area contributed by atoms with Crippen molar-refractivity contribution >= 4 is 22.4 Å². The molecule has 0 spiro atoms. The molecule has 3 N–H and O–H groups in total. The maximum atomic E-state index is 11.6. The fraction of sp³-hybridized carbons (Fsp3) is 0.222. The summed E-state index contributed by atoms with van der Waals surface area (Å²) in [5.74, 6) is -0.302. The first-order valence-electron chi connectivity index (χ1n) is 4.61. The zero-order valence-electron chi connectivity index (χ0n) is 8.47. The summed E-state index contributed by atoms with van der Waals surface area (Å²) in [7, 11) is 0. The van der Waals surface area contributed by atoms with E-state index in [0.717, 1.165) is 0 Å². The summed E-state index contributed by atoms with van der Waals surface area (Å²) >= 11 is 1.27. The fourth-order valence-electron chi connectivity index (χ4n) is 1.08. The molecule has 0 saturated heterocycles. The van der Waals surface area contributed by atoms with Crippen LogP contribution in [0.3, 0.4) is 0 Å². The molecule has 7 heteroatoms. The summed E-state index contributed by atoms with van der Waals surface area (Å²) in [6.45, 7) is 1.62. The van der Waals surface area contributed by atoms with E-state index in [0.29, 0.717) is 16.5 Å². The van der Waals surface area contributed by atoms with Crippen molar-refractivity contribution in [2.24, 2.45) is 0 Å². The normalized spacial score (nSPS) is 12.4. The summed E-state index contributed by atoms with van der Waals surface area (Å²) in [5, 5.41) is 20.3. The molecule has 0 aliphatic carbocycles. The Kier molecular flexibility index (Phi) is 2.97. The molecular formula is C9H10N4O2S. The molecule has 16 heavy (non-hydrogen) atoms. The maximum absolute atomic E-state index is 11.6. The Morgan fingerprint density at radius 2 is 2.50 bits per heavy atom. The van der Waals surface area contributed by atoms with E-state index in [4.69, 9.17) is 0 Å². The molecule has 2 heterocycles. The number of aliphatic hydroxyl groups excluding tert-OH is 1. The Hall–Kier alpha value is -1.73. The van der Waals surface area contributed by atoms with Gasteiger partial charge >= 0.3 is 0 Å². The van der Waals surface area contributed by atoms with E-state index in [1.165, 1.54) is 17.5 Å². The number of aromatic nitrogens is 3. The van der Waals surface area contributed by atoms with Crippen LogP contribution in [-0.4, -0.2) is 26.2 Å². The monoisotopic (exact) mass is 238 g/mol. The lowest BCUT2D eigenvalue weighted by molar-refractivity contribution is 0.102. The van der Waals surface area contributed by atoms with E-state index in [1.54, 1.807) is 18.4 Å². The van der Waals surface area contributed by atoms with Gasteiger partial charge in [-0.25, -0.2) is 4.98 Å². The van der Waals surface area contributed by atoms with Crippen LogP contribution >= 0.6 is 11.3 Å². The highest BCUT2D eigenvalue weighted by molar-refractivity contribution is 7.14. The minimum absolute atomic E-state index is 0.302. The third kappa shape index (κ3) is 2.26. The first-order chi connectivity index (χ1) is 7.66. The minimum atomic E-state index is -0.631. The van der Waals surface area contributed by atoms with Crippen LogP contribution < -0.4 is 5.32 Å². The van der Waals surface area contributed by atoms with E-state index < -0.39 is 6.10 Å². The SMILES string of the molecule is CC(O)c1csc(NC(=O)c2ccn[nH]2)n1. The highest BCUT2D eigenvalue weighted by atomic mass is 32.1. The van der Waals surface area contributed by atoms with Gasteiger partial charge in [0.1, 0.15) is 5.69 Å². The van der Waals surface area contributed by atoms with Gasteiger partial charge in [-0.05, 0) is 13.0 Å². The van der Waals surface area contributed by atoms with E-state index in [9.17, 15) is 9.90 Å². The van der Waals surface area contributed by atoms with Crippen molar-refractivity contribution in [2.75, 3.05) is 5.32 Å². The van der Waals surface area contributed by atoms with Gasteiger partial charge < -0.3 is 5.11 Å². The number of thiazole rings is 1. The van der Waals surface area contributed by atoms with Crippen LogP contribution in [0.15, 0.2) is 17.6 Å². The second-order valence-corrected chi connectivity index (χ2v) is 4.04. The number of nitrogens with zero attached hydrogens (tertiary/aromatic N) is 2. The molecule has 0 radical (unpaired) electrons. The van der Waals surface area contributed by atoms with Crippen molar-refractivity contribution < 1.29 is 9.90 Å². The van der Waals surface area contributed by atoms with Gasteiger partial charge in [0, 0.05) is 11.6 Å². The number of rotatable bonds is 3. The Balaban J connectivity index is 2.07. The smallest absolute Gasteiger partial charge is 0.275 e. The molecule has 0 aliphatic rings. The van der Waals surface area contributed by atoms with Gasteiger partial charge in [-0.1, -0.05) is 0 Å². The predicted molar refractivity (Wildman–Crippen MR) is 59.3 cm³/mol. The summed E-state index contributed by atoms with van der Waals surface area (Å²) in [6, 6.07) is 1.57. The molecule has 1 atom stereocenters. The standard InChI is InChI=1S/C9H10N4O2S/c1-5(14)7-4-16-9(11-7)12-8(15)6-2-3-10-13-6/h2-5,14H,1H3,(H,10,13)(H,11,12,15). The fourth-order valence-corrected chi connectivity index (χ4v) is 1.87. The molecule has 1 amide bonds. The summed E-state index contributed by atoms with van der Waals surface area (Å²) in [6.07, 6.45) is 0.868. The van der Waals surface area contributed by atoms with Crippen molar-refractivity contribution in [3.63, 3.8) is 0 Å². The highest BCUT2D eigenvalue weighted by Crippen LogP contribution is 2.20. The average molecular weight is 238 g/mol. The maximum Gasteiger partial charge on any atom is 0.275 e. The molecule has 2 aromatic heterocycles. The van der Waals surface area contributed by atoms with Gasteiger partial charge in [-0.2, -0.15) is 5.10 Å². The van der Waals surface area contributed by atoms with E-state index in [-0.39, 0.29) is 5.91 Å². The van der Waals surface area contributed by atoms with Crippen molar-refractivity contribution in [3.05, 3.63) is 29.0 Å². The van der Waals surface area contributed by atoms with Crippen LogP contribution in [0.2, 0.25) is 0 Å². The van der Waals surface area contributed by atoms with Crippen LogP contribution in [0.4, 0.5) is 5.13 Å². The molecule has 6 nitrogen and oxygen atoms in total. The second-order valence-electron chi connectivity index (χ2n) is 3.18. The average Bonchev–Trinajstić information content (AvgIpc) is 2.87. The minimum Gasteiger partial charge on any atom is -0.387 e. The lowest BCUT2D eigenvalue weighted by atomic mass is 10.3. The van der Waals surface area contributed by atoms with Crippen molar-refractivity contribution in [1.29, 1.82) is 0 Å². The molecule has 0 fully saturated rings. The number of H-pyrrole nitrogens is 1. The quantitative estimate of drug-likeness (QED) is 0.748. The number of hydrogen-bond donors (Lipinski definition) is 3. The predicted octanol–water partition coefficient (Wildman–Crippen LogP) is 1.17.